The van der Waals surface area contributed by atoms with Crippen molar-refractivity contribution >= 4 is 87.5 Å². The first-order chi connectivity index (χ1) is 28.2. The van der Waals surface area contributed by atoms with Crippen LogP contribution in [0, 0.1) is 0 Å². The van der Waals surface area contributed by atoms with Crippen molar-refractivity contribution in [1.29, 1.82) is 0 Å². The van der Waals surface area contributed by atoms with Crippen molar-refractivity contribution in [1.82, 2.24) is 0 Å². The summed E-state index contributed by atoms with van der Waals surface area (Å²) in [5, 5.41) is 3.13. The standard InChI is InChI=1S/C44H50ClN3O8S3/c1-4-5-6-7-8-9-10-11-12-20-29-59(54,55)32-27-28-35(34(45)30-32)46-43(50)41(56-37-25-18-17-24-36(37)47-58(3,52)53)40(49)42-39(33-23-16-19-26-38(33)57-42)48(2)44(51)31-21-14-13-15-22-31/h13-19,21-28,30,41,47H,4-12,20,29H2,1-3H3,(H,46,50). The van der Waals surface area contributed by atoms with E-state index in [9.17, 15) is 31.2 Å². The van der Waals surface area contributed by atoms with E-state index in [0.717, 1.165) is 43.3 Å². The van der Waals surface area contributed by atoms with Gasteiger partial charge in [0.25, 0.3) is 11.8 Å². The van der Waals surface area contributed by atoms with Gasteiger partial charge < -0.3 is 15.0 Å². The number of hydrogen-bond donors (Lipinski definition) is 2. The smallest absolute Gasteiger partial charge is 0.273 e. The number of anilines is 3. The quantitative estimate of drug-likeness (QED) is 0.0395. The van der Waals surface area contributed by atoms with Gasteiger partial charge in [-0.1, -0.05) is 125 Å². The van der Waals surface area contributed by atoms with Crippen molar-refractivity contribution in [3.8, 4) is 5.75 Å². The van der Waals surface area contributed by atoms with Gasteiger partial charge in [0.1, 0.15) is 5.75 Å². The van der Waals surface area contributed by atoms with Crippen molar-refractivity contribution in [2.75, 3.05) is 34.0 Å². The number of amides is 2. The van der Waals surface area contributed by atoms with Gasteiger partial charge in [-0.15, -0.1) is 11.3 Å². The molecule has 1 atom stereocenters. The number of benzene rings is 4. The van der Waals surface area contributed by atoms with Crippen LogP contribution in [-0.4, -0.2) is 59.6 Å². The Bertz CT molecular complexity index is 2470. The van der Waals surface area contributed by atoms with Gasteiger partial charge >= 0.3 is 0 Å². The molecular weight excluding hydrogens is 830 g/mol. The Hall–Kier alpha value is -4.76. The van der Waals surface area contributed by atoms with E-state index in [4.69, 9.17) is 16.3 Å². The molecule has 314 valence electrons. The van der Waals surface area contributed by atoms with Crippen molar-refractivity contribution < 1.29 is 36.0 Å². The lowest BCUT2D eigenvalue weighted by Gasteiger charge is -2.22. The Kier molecular flexibility index (Phi) is 16.1. The maximum absolute atomic E-state index is 14.8. The number of carbonyl (C=O) groups is 3. The van der Waals surface area contributed by atoms with Gasteiger partial charge in [-0.2, -0.15) is 0 Å². The molecule has 1 aromatic heterocycles. The summed E-state index contributed by atoms with van der Waals surface area (Å²) in [6.07, 6.45) is 9.68. The fourth-order valence-electron chi connectivity index (χ4n) is 6.62. The van der Waals surface area contributed by atoms with Gasteiger partial charge in [-0.25, -0.2) is 16.8 Å². The van der Waals surface area contributed by atoms with Crippen molar-refractivity contribution in [3.05, 3.63) is 113 Å². The summed E-state index contributed by atoms with van der Waals surface area (Å²) < 4.78 is 60.1. The zero-order valence-corrected chi connectivity index (χ0v) is 36.6. The highest BCUT2D eigenvalue weighted by molar-refractivity contribution is 7.92. The second kappa shape index (κ2) is 21.0. The molecular formula is C44H50ClN3O8S3. The molecule has 2 N–H and O–H groups in total. The average molecular weight is 881 g/mol. The summed E-state index contributed by atoms with van der Waals surface area (Å²) in [6, 6.07) is 25.5. The average Bonchev–Trinajstić information content (AvgIpc) is 3.60. The molecule has 0 radical (unpaired) electrons. The molecule has 4 aromatic carbocycles. The number of ether oxygens (including phenoxy) is 1. The van der Waals surface area contributed by atoms with Crippen LogP contribution >= 0.6 is 22.9 Å². The van der Waals surface area contributed by atoms with E-state index in [1.165, 1.54) is 74.4 Å². The lowest BCUT2D eigenvalue weighted by Crippen LogP contribution is -2.40. The molecule has 5 rings (SSSR count). The number of nitrogens with one attached hydrogen (secondary N) is 2. The predicted molar refractivity (Wildman–Crippen MR) is 239 cm³/mol. The fourth-order valence-corrected chi connectivity index (χ4v) is 10.1. The molecule has 2 amide bonds. The minimum absolute atomic E-state index is 0.00196. The Morgan fingerprint density at radius 2 is 1.37 bits per heavy atom. The number of hydrogen-bond acceptors (Lipinski definition) is 9. The van der Waals surface area contributed by atoms with Gasteiger partial charge in [0, 0.05) is 22.7 Å². The van der Waals surface area contributed by atoms with E-state index >= 15 is 0 Å². The van der Waals surface area contributed by atoms with Crippen LogP contribution in [-0.2, 0) is 24.7 Å². The molecule has 0 bridgehead atoms. The van der Waals surface area contributed by atoms with Gasteiger partial charge in [-0.05, 0) is 55.0 Å². The first kappa shape index (κ1) is 45.3. The molecule has 0 aliphatic heterocycles. The van der Waals surface area contributed by atoms with Crippen LogP contribution in [0.25, 0.3) is 10.1 Å². The van der Waals surface area contributed by atoms with E-state index in [1.54, 1.807) is 66.7 Å². The van der Waals surface area contributed by atoms with E-state index in [0.29, 0.717) is 22.1 Å². The summed E-state index contributed by atoms with van der Waals surface area (Å²) >= 11 is 7.66. The second-order valence-electron chi connectivity index (χ2n) is 14.4. The monoisotopic (exact) mass is 879 g/mol. The third-order valence-electron chi connectivity index (χ3n) is 9.68. The topological polar surface area (TPSA) is 156 Å². The molecule has 15 heteroatoms. The Morgan fingerprint density at radius 1 is 0.763 bits per heavy atom. The molecule has 59 heavy (non-hydrogen) atoms. The molecule has 0 saturated heterocycles. The van der Waals surface area contributed by atoms with Crippen LogP contribution < -0.4 is 19.7 Å². The van der Waals surface area contributed by atoms with Crippen molar-refractivity contribution in [2.45, 2.75) is 82.1 Å². The SMILES string of the molecule is CCCCCCCCCCCCS(=O)(=O)c1ccc(NC(=O)C(Oc2ccccc2NS(C)(=O)=O)C(=O)c2sc3ccccc3c2N(C)C(=O)c2ccccc2)c(Cl)c1. The first-order valence-electron chi connectivity index (χ1n) is 19.7. The molecule has 0 saturated carbocycles. The number of sulfone groups is 1. The Morgan fingerprint density at radius 3 is 2.03 bits per heavy atom. The van der Waals surface area contributed by atoms with Crippen molar-refractivity contribution in [3.63, 3.8) is 0 Å². The maximum atomic E-state index is 14.8. The third kappa shape index (κ3) is 12.4. The van der Waals surface area contributed by atoms with E-state index < -0.39 is 43.6 Å². The van der Waals surface area contributed by atoms with E-state index in [-0.39, 0.29) is 43.4 Å². The maximum Gasteiger partial charge on any atom is 0.273 e. The molecule has 0 aliphatic rings. The van der Waals surface area contributed by atoms with Gasteiger partial charge in [0.05, 0.1) is 43.9 Å². The van der Waals surface area contributed by atoms with Crippen LogP contribution in [0.3, 0.4) is 0 Å². The number of sulfonamides is 1. The second-order valence-corrected chi connectivity index (χ2v) is 19.7. The number of Topliss-reactive ketones (excluding diaryl/α,β-unsaturated/α-hetero) is 1. The van der Waals surface area contributed by atoms with Crippen LogP contribution in [0.5, 0.6) is 5.75 Å². The molecule has 11 nitrogen and oxygen atoms in total. The number of nitrogens with zero attached hydrogens (tertiary/aromatic N) is 1. The number of unbranched alkanes of at least 4 members (excludes halogenated alkanes) is 9. The summed E-state index contributed by atoms with van der Waals surface area (Å²) in [6.45, 7) is 2.19. The number of fused-ring (bicyclic) bond motifs is 1. The summed E-state index contributed by atoms with van der Waals surface area (Å²) in [5.41, 5.74) is 0.622. The van der Waals surface area contributed by atoms with Crippen LogP contribution in [0.15, 0.2) is 102 Å². The molecule has 1 unspecified atom stereocenters. The molecule has 0 aliphatic carbocycles. The zero-order chi connectivity index (χ0) is 42.6. The minimum Gasteiger partial charge on any atom is -0.470 e. The molecule has 1 heterocycles. The third-order valence-corrected chi connectivity index (χ3v) is 13.6. The zero-order valence-electron chi connectivity index (χ0n) is 33.4. The molecule has 5 aromatic rings. The van der Waals surface area contributed by atoms with Crippen molar-refractivity contribution in [2.24, 2.45) is 0 Å². The highest BCUT2D eigenvalue weighted by Crippen LogP contribution is 2.40. The van der Waals surface area contributed by atoms with Gasteiger partial charge in [0.2, 0.25) is 21.9 Å². The lowest BCUT2D eigenvalue weighted by molar-refractivity contribution is -0.120. The highest BCUT2D eigenvalue weighted by atomic mass is 35.5. The summed E-state index contributed by atoms with van der Waals surface area (Å²) in [5.74, 6) is -2.37. The lowest BCUT2D eigenvalue weighted by atomic mass is 10.1. The summed E-state index contributed by atoms with van der Waals surface area (Å²) in [4.78, 5) is 44.2. The highest BCUT2D eigenvalue weighted by Gasteiger charge is 2.36. The molecule has 0 spiro atoms. The minimum atomic E-state index is -3.81. The van der Waals surface area contributed by atoms with Gasteiger partial charge in [-0.3, -0.25) is 19.1 Å². The Balaban J connectivity index is 1.41. The van der Waals surface area contributed by atoms with Crippen LogP contribution in [0.4, 0.5) is 17.1 Å². The number of rotatable bonds is 22. The van der Waals surface area contributed by atoms with E-state index in [2.05, 4.69) is 17.0 Å². The summed E-state index contributed by atoms with van der Waals surface area (Å²) in [7, 11) is -5.95. The number of carbonyl (C=O) groups excluding carboxylic acids is 3. The number of ketones is 1. The largest absolute Gasteiger partial charge is 0.470 e. The van der Waals surface area contributed by atoms with Crippen LogP contribution in [0.1, 0.15) is 91.2 Å². The number of halogens is 1. The number of para-hydroxylation sites is 2. The fraction of sp³-hybridized carbons (Fsp3) is 0.341. The molecule has 0 fully saturated rings. The number of thiophene rings is 1. The first-order valence-corrected chi connectivity index (χ1v) is 24.4. The van der Waals surface area contributed by atoms with Gasteiger partial charge in [0.15, 0.2) is 9.84 Å². The normalized spacial score (nSPS) is 12.2. The van der Waals surface area contributed by atoms with E-state index in [1.807, 2.05) is 0 Å². The predicted octanol–water partition coefficient (Wildman–Crippen LogP) is 10.2. The Labute approximate surface area is 356 Å². The van der Waals surface area contributed by atoms with Crippen LogP contribution in [0.2, 0.25) is 5.02 Å².